The Hall–Kier alpha value is -2.23. The zero-order chi connectivity index (χ0) is 27.5. The minimum Gasteiger partial charge on any atom is -0.454 e. The number of carbonyl (C=O) groups is 4. The summed E-state index contributed by atoms with van der Waals surface area (Å²) in [5.41, 5.74) is 1.40. The first-order valence-corrected chi connectivity index (χ1v) is 15.9. The van der Waals surface area contributed by atoms with Crippen LogP contribution in [0.3, 0.4) is 0 Å². The monoisotopic (exact) mass is 540 g/mol. The Kier molecular flexibility index (Phi) is 9.24. The average Bonchev–Trinajstić information content (AvgIpc) is 3.36. The van der Waals surface area contributed by atoms with Gasteiger partial charge in [-0.15, -0.1) is 0 Å². The summed E-state index contributed by atoms with van der Waals surface area (Å²) in [5, 5.41) is -1.30. The van der Waals surface area contributed by atoms with Crippen molar-refractivity contribution in [2.45, 2.75) is 57.3 Å². The van der Waals surface area contributed by atoms with E-state index in [4.69, 9.17) is 9.16 Å². The van der Waals surface area contributed by atoms with Crippen LogP contribution in [0.1, 0.15) is 43.6 Å². The molecule has 1 aliphatic carbocycles. The van der Waals surface area contributed by atoms with Crippen molar-refractivity contribution in [1.82, 2.24) is 4.90 Å². The van der Waals surface area contributed by atoms with Crippen LogP contribution in [-0.4, -0.2) is 54.2 Å². The Balaban J connectivity index is 1.81. The van der Waals surface area contributed by atoms with Gasteiger partial charge in [-0.2, -0.15) is 0 Å². The maximum absolute atomic E-state index is 13.2. The van der Waals surface area contributed by atoms with E-state index >= 15 is 0 Å². The number of hydrogen-bond acceptors (Lipinski definition) is 7. The normalized spacial score (nSPS) is 21.4. The molecule has 1 heterocycles. The number of likely N-dealkylation sites (tertiary alicyclic amines) is 1. The first kappa shape index (κ1) is 29.3. The smallest absolute Gasteiger partial charge is 0.397 e. The Morgan fingerprint density at radius 3 is 2.27 bits per heavy atom. The second kappa shape index (κ2) is 11.7. The summed E-state index contributed by atoms with van der Waals surface area (Å²) in [5.74, 6) is -2.53. The third kappa shape index (κ3) is 6.44. The molecule has 2 amide bonds. The van der Waals surface area contributed by atoms with Crippen LogP contribution in [0.25, 0.3) is 0 Å². The molecule has 0 bridgehead atoms. The van der Waals surface area contributed by atoms with Crippen LogP contribution in [0.2, 0.25) is 18.1 Å². The molecule has 0 N–H and O–H groups in total. The van der Waals surface area contributed by atoms with Crippen molar-refractivity contribution in [3.05, 3.63) is 79.6 Å². The van der Waals surface area contributed by atoms with Gasteiger partial charge in [-0.3, -0.25) is 19.3 Å². The summed E-state index contributed by atoms with van der Waals surface area (Å²) in [6.45, 7) is 15.5. The fourth-order valence-electron chi connectivity index (χ4n) is 3.81. The number of β-lactam (4-membered cyclic amide) rings is 1. The molecule has 3 rings (SSSR count). The topological polar surface area (TPSA) is 90.0 Å². The van der Waals surface area contributed by atoms with Crippen molar-refractivity contribution in [1.29, 1.82) is 0 Å². The molecular formula is C28H34NO6SSi. The third-order valence-electron chi connectivity index (χ3n) is 6.95. The van der Waals surface area contributed by atoms with E-state index < -0.39 is 43.5 Å². The molecular weight excluding hydrogens is 506 g/mol. The first-order valence-electron chi connectivity index (χ1n) is 12.1. The van der Waals surface area contributed by atoms with Gasteiger partial charge in [-0.05, 0) is 56.3 Å². The number of rotatable bonds is 8. The van der Waals surface area contributed by atoms with Crippen LogP contribution >= 0.6 is 11.8 Å². The molecule has 0 unspecified atom stereocenters. The van der Waals surface area contributed by atoms with Crippen molar-refractivity contribution in [3.8, 4) is 0 Å². The number of hydrogen-bond donors (Lipinski definition) is 0. The number of carbonyl (C=O) groups excluding carboxylic acids is 4. The van der Waals surface area contributed by atoms with Crippen molar-refractivity contribution in [3.63, 3.8) is 0 Å². The van der Waals surface area contributed by atoms with Gasteiger partial charge in [0.2, 0.25) is 11.0 Å². The minimum absolute atomic E-state index is 0.0973. The van der Waals surface area contributed by atoms with Gasteiger partial charge in [-0.1, -0.05) is 69.5 Å². The Morgan fingerprint density at radius 2 is 1.73 bits per heavy atom. The molecule has 0 spiro atoms. The van der Waals surface area contributed by atoms with Gasteiger partial charge in [0.05, 0.1) is 12.0 Å². The lowest BCUT2D eigenvalue weighted by Gasteiger charge is -2.49. The SMILES string of the molecule is C=CCOC(=O)C(=O)N1C(=O)[C@H]([C@@H](C)O[Si](C)(C)C(C)(C)C)[C@H]1SC(=O)c1ccc([C]2[CH][CH][CH][CH]2)cc1. The molecule has 1 saturated carbocycles. The number of benzene rings is 1. The molecule has 1 saturated heterocycles. The summed E-state index contributed by atoms with van der Waals surface area (Å²) in [6, 6.07) is 7.14. The molecule has 197 valence electrons. The maximum Gasteiger partial charge on any atom is 0.397 e. The lowest BCUT2D eigenvalue weighted by atomic mass is 9.92. The van der Waals surface area contributed by atoms with Gasteiger partial charge in [-0.25, -0.2) is 4.79 Å². The third-order valence-corrected chi connectivity index (χ3v) is 12.7. The number of ether oxygens (including phenoxy) is 1. The Bertz CT molecular complexity index is 1040. The van der Waals surface area contributed by atoms with Gasteiger partial charge < -0.3 is 9.16 Å². The summed E-state index contributed by atoms with van der Waals surface area (Å²) in [6.07, 6.45) is 8.62. The molecule has 5 radical (unpaired) electrons. The predicted octanol–water partition coefficient (Wildman–Crippen LogP) is 4.76. The van der Waals surface area contributed by atoms with E-state index in [1.165, 1.54) is 6.08 Å². The fraction of sp³-hybridized carbons (Fsp3) is 0.393. The quantitative estimate of drug-likeness (QED) is 0.154. The van der Waals surface area contributed by atoms with E-state index in [2.05, 4.69) is 40.4 Å². The predicted molar refractivity (Wildman–Crippen MR) is 146 cm³/mol. The van der Waals surface area contributed by atoms with E-state index in [0.717, 1.165) is 28.1 Å². The van der Waals surface area contributed by atoms with Crippen LogP contribution in [0.5, 0.6) is 0 Å². The molecule has 1 aromatic rings. The molecule has 7 nitrogen and oxygen atoms in total. The van der Waals surface area contributed by atoms with Crippen LogP contribution in [-0.2, 0) is 23.5 Å². The number of nitrogens with zero attached hydrogens (tertiary/aromatic N) is 1. The lowest BCUT2D eigenvalue weighted by Crippen LogP contribution is -2.67. The second-order valence-corrected chi connectivity index (χ2v) is 16.4. The zero-order valence-corrected chi connectivity index (χ0v) is 24.0. The van der Waals surface area contributed by atoms with Gasteiger partial charge >= 0.3 is 11.9 Å². The molecule has 1 aliphatic heterocycles. The van der Waals surface area contributed by atoms with Gasteiger partial charge in [0, 0.05) is 11.5 Å². The lowest BCUT2D eigenvalue weighted by molar-refractivity contribution is -0.174. The fourth-order valence-corrected chi connectivity index (χ4v) is 6.52. The molecule has 1 aromatic carbocycles. The highest BCUT2D eigenvalue weighted by atomic mass is 32.2. The molecule has 2 fully saturated rings. The summed E-state index contributed by atoms with van der Waals surface area (Å²) in [4.78, 5) is 52.2. The van der Waals surface area contributed by atoms with Gasteiger partial charge in [0.1, 0.15) is 12.0 Å². The second-order valence-electron chi connectivity index (χ2n) is 10.6. The Labute approximate surface area is 225 Å². The highest BCUT2D eigenvalue weighted by Crippen LogP contribution is 2.44. The van der Waals surface area contributed by atoms with Crippen molar-refractivity contribution in [2.24, 2.45) is 5.92 Å². The van der Waals surface area contributed by atoms with E-state index in [1.54, 1.807) is 19.1 Å². The number of imide groups is 1. The van der Waals surface area contributed by atoms with E-state index in [-0.39, 0.29) is 16.8 Å². The molecule has 2 aliphatic rings. The molecule has 3 atom stereocenters. The van der Waals surface area contributed by atoms with E-state index in [9.17, 15) is 19.2 Å². The van der Waals surface area contributed by atoms with Crippen LogP contribution in [0.15, 0.2) is 36.9 Å². The average molecular weight is 541 g/mol. The highest BCUT2D eigenvalue weighted by molar-refractivity contribution is 8.14. The first-order chi connectivity index (χ1) is 17.3. The van der Waals surface area contributed by atoms with Gasteiger partial charge in [0.25, 0.3) is 0 Å². The zero-order valence-electron chi connectivity index (χ0n) is 22.1. The molecule has 37 heavy (non-hydrogen) atoms. The van der Waals surface area contributed by atoms with Crippen LogP contribution in [0.4, 0.5) is 0 Å². The van der Waals surface area contributed by atoms with Crippen LogP contribution < -0.4 is 0 Å². The standard InChI is InChI=1S/C28H34NO6SSi/c1-8-17-34-26(32)24(31)29-23(30)22(18(2)35-37(6,7)28(3,4)5)25(29)36-27(33)21-15-13-20(14-16-21)19-11-9-10-12-19/h8-16,18,22,25H,1,17H2,2-7H3/t18-,22+,25-/m1/s1. The Morgan fingerprint density at radius 1 is 1.14 bits per heavy atom. The van der Waals surface area contributed by atoms with Gasteiger partial charge in [0.15, 0.2) is 8.32 Å². The largest absolute Gasteiger partial charge is 0.454 e. The summed E-state index contributed by atoms with van der Waals surface area (Å²) in [7, 11) is -2.25. The van der Waals surface area contributed by atoms with Crippen molar-refractivity contribution in [2.75, 3.05) is 6.61 Å². The van der Waals surface area contributed by atoms with Crippen molar-refractivity contribution < 1.29 is 28.3 Å². The van der Waals surface area contributed by atoms with Crippen molar-refractivity contribution >= 4 is 43.0 Å². The number of esters is 1. The maximum atomic E-state index is 13.2. The number of thioether (sulfide) groups is 1. The van der Waals surface area contributed by atoms with E-state index in [1.807, 2.05) is 37.8 Å². The molecule has 0 aromatic heterocycles. The van der Waals surface area contributed by atoms with E-state index in [0.29, 0.717) is 5.56 Å². The summed E-state index contributed by atoms with van der Waals surface area (Å²) >= 11 is 0.847. The summed E-state index contributed by atoms with van der Waals surface area (Å²) < 4.78 is 11.3. The highest BCUT2D eigenvalue weighted by Gasteiger charge is 2.57. The van der Waals surface area contributed by atoms with Crippen LogP contribution in [0, 0.1) is 37.5 Å². The molecule has 9 heteroatoms. The number of amides is 2. The minimum atomic E-state index is -2.25.